The normalized spacial score (nSPS) is 10.3. The number of methoxy groups -OCH3 is 2. The lowest BCUT2D eigenvalue weighted by atomic mass is 10.1. The van der Waals surface area contributed by atoms with Gasteiger partial charge in [-0.15, -0.1) is 0 Å². The molecule has 118 valence electrons. The van der Waals surface area contributed by atoms with E-state index in [0.29, 0.717) is 5.84 Å². The van der Waals surface area contributed by atoms with Gasteiger partial charge in [0.15, 0.2) is 0 Å². The summed E-state index contributed by atoms with van der Waals surface area (Å²) in [6, 6.07) is 5.60. The minimum atomic E-state index is 0.521. The van der Waals surface area contributed by atoms with E-state index in [2.05, 4.69) is 18.7 Å². The summed E-state index contributed by atoms with van der Waals surface area (Å²) < 4.78 is 10.7. The molecular weight excluding hydrogens is 264 g/mol. The Morgan fingerprint density at radius 2 is 1.67 bits per heavy atom. The van der Waals surface area contributed by atoms with Gasteiger partial charge >= 0.3 is 0 Å². The summed E-state index contributed by atoms with van der Waals surface area (Å²) in [5.41, 5.74) is 0.795. The van der Waals surface area contributed by atoms with Crippen molar-refractivity contribution in [3.05, 3.63) is 23.8 Å². The fourth-order valence-electron chi connectivity index (χ4n) is 2.20. The van der Waals surface area contributed by atoms with Crippen molar-refractivity contribution in [2.24, 2.45) is 0 Å². The first-order valence-corrected chi connectivity index (χ1v) is 7.73. The molecule has 4 heteroatoms. The van der Waals surface area contributed by atoms with Crippen molar-refractivity contribution in [3.63, 3.8) is 0 Å². The van der Waals surface area contributed by atoms with E-state index in [9.17, 15) is 0 Å². The van der Waals surface area contributed by atoms with E-state index < -0.39 is 0 Å². The van der Waals surface area contributed by atoms with Gasteiger partial charge in [-0.25, -0.2) is 0 Å². The molecule has 0 fully saturated rings. The van der Waals surface area contributed by atoms with Gasteiger partial charge in [0.2, 0.25) is 0 Å². The van der Waals surface area contributed by atoms with Crippen molar-refractivity contribution in [1.82, 2.24) is 4.90 Å². The molecule has 0 atom stereocenters. The van der Waals surface area contributed by atoms with Crippen molar-refractivity contribution in [2.45, 2.75) is 39.5 Å². The van der Waals surface area contributed by atoms with E-state index in [-0.39, 0.29) is 0 Å². The number of nitrogens with zero attached hydrogens (tertiary/aromatic N) is 1. The van der Waals surface area contributed by atoms with Gasteiger partial charge in [0.05, 0.1) is 19.8 Å². The third kappa shape index (κ3) is 4.96. The van der Waals surface area contributed by atoms with Crippen LogP contribution in [0.25, 0.3) is 0 Å². The zero-order valence-corrected chi connectivity index (χ0v) is 13.7. The summed E-state index contributed by atoms with van der Waals surface area (Å²) in [5.74, 6) is 1.99. The summed E-state index contributed by atoms with van der Waals surface area (Å²) in [4.78, 5) is 2.14. The minimum absolute atomic E-state index is 0.521. The van der Waals surface area contributed by atoms with E-state index in [1.165, 1.54) is 0 Å². The van der Waals surface area contributed by atoms with Crippen LogP contribution < -0.4 is 9.47 Å². The smallest absolute Gasteiger partial charge is 0.131 e. The van der Waals surface area contributed by atoms with Crippen LogP contribution in [0.15, 0.2) is 18.2 Å². The summed E-state index contributed by atoms with van der Waals surface area (Å²) in [6.07, 6.45) is 4.45. The van der Waals surface area contributed by atoms with Gasteiger partial charge in [-0.1, -0.05) is 26.7 Å². The molecule has 0 unspecified atom stereocenters. The number of hydrogen-bond acceptors (Lipinski definition) is 3. The second-order valence-electron chi connectivity index (χ2n) is 5.11. The maximum Gasteiger partial charge on any atom is 0.131 e. The fourth-order valence-corrected chi connectivity index (χ4v) is 2.20. The molecule has 1 aromatic rings. The van der Waals surface area contributed by atoms with Gasteiger partial charge in [-0.2, -0.15) is 0 Å². The van der Waals surface area contributed by atoms with Crippen LogP contribution in [0.2, 0.25) is 0 Å². The standard InChI is InChI=1S/C17H28N2O2/c1-5-7-11-19(12-8-6-2)17(18)15-13-14(20-3)9-10-16(15)21-4/h9-10,13,18H,5-8,11-12H2,1-4H3. The number of hydrogen-bond donors (Lipinski definition) is 1. The fraction of sp³-hybridized carbons (Fsp3) is 0.588. The van der Waals surface area contributed by atoms with Crippen LogP contribution in [0.1, 0.15) is 45.1 Å². The van der Waals surface area contributed by atoms with Crippen LogP contribution in [0.3, 0.4) is 0 Å². The van der Waals surface area contributed by atoms with Crippen LogP contribution >= 0.6 is 0 Å². The van der Waals surface area contributed by atoms with Crippen molar-refractivity contribution >= 4 is 5.84 Å². The predicted molar refractivity (Wildman–Crippen MR) is 87.8 cm³/mol. The monoisotopic (exact) mass is 292 g/mol. The molecule has 1 aromatic carbocycles. The lowest BCUT2D eigenvalue weighted by molar-refractivity contribution is 0.385. The first-order valence-electron chi connectivity index (χ1n) is 7.73. The Hall–Kier alpha value is -1.71. The second-order valence-corrected chi connectivity index (χ2v) is 5.11. The summed E-state index contributed by atoms with van der Waals surface area (Å²) >= 11 is 0. The third-order valence-electron chi connectivity index (χ3n) is 3.54. The molecule has 0 aliphatic rings. The van der Waals surface area contributed by atoms with Gasteiger partial charge < -0.3 is 14.4 Å². The second kappa shape index (κ2) is 9.27. The summed E-state index contributed by atoms with van der Waals surface area (Å²) in [7, 11) is 3.28. The van der Waals surface area contributed by atoms with Crippen molar-refractivity contribution in [1.29, 1.82) is 5.41 Å². The lowest BCUT2D eigenvalue weighted by Gasteiger charge is -2.26. The Morgan fingerprint density at radius 1 is 1.05 bits per heavy atom. The highest BCUT2D eigenvalue weighted by atomic mass is 16.5. The van der Waals surface area contributed by atoms with Gasteiger partial charge in [-0.3, -0.25) is 5.41 Å². The number of nitrogens with one attached hydrogen (secondary N) is 1. The number of amidine groups is 1. The van der Waals surface area contributed by atoms with E-state index in [0.717, 1.165) is 55.8 Å². The number of ether oxygens (including phenoxy) is 2. The van der Waals surface area contributed by atoms with E-state index in [1.54, 1.807) is 14.2 Å². The highest BCUT2D eigenvalue weighted by Crippen LogP contribution is 2.25. The SMILES string of the molecule is CCCCN(CCCC)C(=N)c1cc(OC)ccc1OC. The van der Waals surface area contributed by atoms with E-state index in [4.69, 9.17) is 14.9 Å². The van der Waals surface area contributed by atoms with Gasteiger partial charge in [0.25, 0.3) is 0 Å². The van der Waals surface area contributed by atoms with Crippen molar-refractivity contribution in [2.75, 3.05) is 27.3 Å². The molecule has 0 amide bonds. The molecular formula is C17H28N2O2. The molecule has 0 saturated heterocycles. The Bertz CT molecular complexity index is 438. The topological polar surface area (TPSA) is 45.6 Å². The molecule has 1 N–H and O–H groups in total. The number of unbranched alkanes of at least 4 members (excludes halogenated alkanes) is 2. The van der Waals surface area contributed by atoms with E-state index in [1.807, 2.05) is 18.2 Å². The average Bonchev–Trinajstić information content (AvgIpc) is 2.53. The molecule has 0 spiro atoms. The molecule has 0 aromatic heterocycles. The van der Waals surface area contributed by atoms with Crippen LogP contribution in [0, 0.1) is 5.41 Å². The molecule has 0 aliphatic carbocycles. The molecule has 4 nitrogen and oxygen atoms in total. The third-order valence-corrected chi connectivity index (χ3v) is 3.54. The number of rotatable bonds is 9. The van der Waals surface area contributed by atoms with Crippen molar-refractivity contribution < 1.29 is 9.47 Å². The summed E-state index contributed by atoms with van der Waals surface area (Å²) in [6.45, 7) is 6.17. The van der Waals surface area contributed by atoms with Gasteiger partial charge in [0.1, 0.15) is 17.3 Å². The summed E-state index contributed by atoms with van der Waals surface area (Å²) in [5, 5.41) is 8.55. The van der Waals surface area contributed by atoms with Crippen LogP contribution in [0.4, 0.5) is 0 Å². The minimum Gasteiger partial charge on any atom is -0.497 e. The Balaban J connectivity index is 2.99. The molecule has 1 rings (SSSR count). The maximum atomic E-state index is 8.55. The molecule has 0 bridgehead atoms. The first kappa shape index (κ1) is 17.3. The molecule has 0 saturated carbocycles. The zero-order chi connectivity index (χ0) is 15.7. The number of benzene rings is 1. The lowest BCUT2D eigenvalue weighted by Crippen LogP contribution is -2.33. The van der Waals surface area contributed by atoms with Gasteiger partial charge in [-0.05, 0) is 31.0 Å². The highest BCUT2D eigenvalue weighted by molar-refractivity contribution is 5.99. The average molecular weight is 292 g/mol. The van der Waals surface area contributed by atoms with Crippen LogP contribution in [-0.4, -0.2) is 38.0 Å². The molecule has 0 aliphatic heterocycles. The van der Waals surface area contributed by atoms with Crippen LogP contribution in [0.5, 0.6) is 11.5 Å². The highest BCUT2D eigenvalue weighted by Gasteiger charge is 2.16. The quantitative estimate of drug-likeness (QED) is 0.554. The molecule has 0 radical (unpaired) electrons. The predicted octanol–water partition coefficient (Wildman–Crippen LogP) is 3.93. The Kier molecular flexibility index (Phi) is 7.65. The Morgan fingerprint density at radius 3 is 2.14 bits per heavy atom. The maximum absolute atomic E-state index is 8.55. The molecule has 0 heterocycles. The largest absolute Gasteiger partial charge is 0.497 e. The van der Waals surface area contributed by atoms with Crippen LogP contribution in [-0.2, 0) is 0 Å². The zero-order valence-electron chi connectivity index (χ0n) is 13.7. The van der Waals surface area contributed by atoms with Gasteiger partial charge in [0, 0.05) is 13.1 Å². The first-order chi connectivity index (χ1) is 10.2. The van der Waals surface area contributed by atoms with Crippen molar-refractivity contribution in [3.8, 4) is 11.5 Å². The van der Waals surface area contributed by atoms with E-state index >= 15 is 0 Å². The molecule has 21 heavy (non-hydrogen) atoms. The Labute approximate surface area is 128 Å².